The second kappa shape index (κ2) is 12.4. The maximum absolute atomic E-state index is 14.4. The molecule has 2 aromatic heterocycles. The Balaban J connectivity index is 1.43. The summed E-state index contributed by atoms with van der Waals surface area (Å²) in [6.45, 7) is 3.30. The van der Waals surface area contributed by atoms with Gasteiger partial charge in [-0.15, -0.1) is 0 Å². The molecule has 0 radical (unpaired) electrons. The minimum atomic E-state index is -4.34. The van der Waals surface area contributed by atoms with Crippen molar-refractivity contribution in [2.75, 3.05) is 18.0 Å². The van der Waals surface area contributed by atoms with E-state index in [1.165, 1.54) is 35.0 Å². The van der Waals surface area contributed by atoms with Crippen LogP contribution in [0.3, 0.4) is 0 Å². The maximum Gasteiger partial charge on any atom is 0.261 e. The first-order valence-electron chi connectivity index (χ1n) is 14.6. The van der Waals surface area contributed by atoms with Gasteiger partial charge in [0.05, 0.1) is 18.0 Å². The highest BCUT2D eigenvalue weighted by Gasteiger charge is 2.53. The van der Waals surface area contributed by atoms with E-state index in [1.807, 2.05) is 24.3 Å². The lowest BCUT2D eigenvalue weighted by molar-refractivity contribution is -0.125. The van der Waals surface area contributed by atoms with Crippen LogP contribution in [-0.2, 0) is 31.6 Å². The van der Waals surface area contributed by atoms with Crippen LogP contribution < -0.4 is 10.2 Å². The molecule has 15 heteroatoms. The summed E-state index contributed by atoms with van der Waals surface area (Å²) in [6, 6.07) is 11.2. The number of hydrogen-bond acceptors (Lipinski definition) is 8. The fraction of sp³-hybridized carbons (Fsp3) is 0.323. The molecular formula is C31H31Cl2N7O5S. The molecule has 1 saturated heterocycles. The van der Waals surface area contributed by atoms with Crippen molar-refractivity contribution in [3.63, 3.8) is 0 Å². The van der Waals surface area contributed by atoms with E-state index in [9.17, 15) is 23.1 Å². The van der Waals surface area contributed by atoms with Crippen molar-refractivity contribution < 1.29 is 23.1 Å². The average Bonchev–Trinajstić information content (AvgIpc) is 3.74. The lowest BCUT2D eigenvalue weighted by atomic mass is 9.91. The summed E-state index contributed by atoms with van der Waals surface area (Å²) in [7, 11) is -4.34. The molecule has 2 aromatic carbocycles. The van der Waals surface area contributed by atoms with Crippen LogP contribution in [0.2, 0.25) is 10.0 Å². The molecule has 4 heterocycles. The number of aliphatic hydroxyl groups excluding tert-OH is 1. The highest BCUT2D eigenvalue weighted by Crippen LogP contribution is 2.45. The van der Waals surface area contributed by atoms with Crippen LogP contribution in [0, 0.1) is 0 Å². The number of imidazole rings is 1. The topological polar surface area (TPSA) is 151 Å². The van der Waals surface area contributed by atoms with Crippen molar-refractivity contribution in [2.24, 2.45) is 0 Å². The first-order chi connectivity index (χ1) is 21.9. The zero-order chi connectivity index (χ0) is 32.8. The standard InChI is InChI=1S/C31H31Cl2N7O5S/c1-19(41)14-36-28(42)26-4-3-9-38(26)46(44,45)27-17-37-30-39(25-11-23(32)10-24(33)12-25)29(43)31(2,40(27)30)13-20-5-7-21(8-6-20)22-15-34-18-35-16-22/h5-8,10-12,15-19,26,41H,3-4,9,13-14H2,1-2H3,(H,36,42)/t19-,26-,31+/m0/s1. The quantitative estimate of drug-likeness (QED) is 0.269. The van der Waals surface area contributed by atoms with E-state index in [4.69, 9.17) is 23.2 Å². The SMILES string of the molecule is C[C@H](O)CNC(=O)[C@@H]1CCCN1S(=O)(=O)c1cnc2n1[C@](C)(Cc1ccc(-c3cncnc3)cc1)C(=O)N2c1cc(Cl)cc(Cl)c1. The summed E-state index contributed by atoms with van der Waals surface area (Å²) in [5, 5.41) is 12.6. The summed E-state index contributed by atoms with van der Waals surface area (Å²) in [4.78, 5) is 41.4. The number of halogens is 2. The van der Waals surface area contributed by atoms with Crippen LogP contribution in [0.4, 0.5) is 11.6 Å². The van der Waals surface area contributed by atoms with Crippen LogP contribution in [0.25, 0.3) is 11.1 Å². The number of hydrogen-bond donors (Lipinski definition) is 2. The number of rotatable bonds is 9. The van der Waals surface area contributed by atoms with Crippen molar-refractivity contribution in [2.45, 2.75) is 55.8 Å². The van der Waals surface area contributed by atoms with Gasteiger partial charge in [-0.2, -0.15) is 4.31 Å². The molecular weight excluding hydrogens is 653 g/mol. The first kappa shape index (κ1) is 32.1. The maximum atomic E-state index is 14.4. The van der Waals surface area contributed by atoms with Crippen molar-refractivity contribution in [1.29, 1.82) is 0 Å². The number of carbonyl (C=O) groups excluding carboxylic acids is 2. The molecule has 6 rings (SSSR count). The Labute approximate surface area is 276 Å². The highest BCUT2D eigenvalue weighted by atomic mass is 35.5. The third kappa shape index (κ3) is 5.77. The second-order valence-electron chi connectivity index (χ2n) is 11.6. The monoisotopic (exact) mass is 683 g/mol. The zero-order valence-corrected chi connectivity index (χ0v) is 27.3. The predicted molar refractivity (Wildman–Crippen MR) is 172 cm³/mol. The van der Waals surface area contributed by atoms with Gasteiger partial charge in [-0.1, -0.05) is 47.5 Å². The largest absolute Gasteiger partial charge is 0.392 e. The van der Waals surface area contributed by atoms with E-state index < -0.39 is 39.5 Å². The van der Waals surface area contributed by atoms with Crippen LogP contribution in [0.5, 0.6) is 0 Å². The van der Waals surface area contributed by atoms with Crippen LogP contribution in [-0.4, -0.2) is 74.4 Å². The summed E-state index contributed by atoms with van der Waals surface area (Å²) >= 11 is 12.6. The van der Waals surface area contributed by atoms with E-state index in [-0.39, 0.29) is 30.5 Å². The molecule has 0 saturated carbocycles. The zero-order valence-electron chi connectivity index (χ0n) is 25.0. The fourth-order valence-corrected chi connectivity index (χ4v) is 8.41. The summed E-state index contributed by atoms with van der Waals surface area (Å²) in [6.07, 6.45) is 6.17. The number of amides is 2. The molecule has 46 heavy (non-hydrogen) atoms. The number of carbonyl (C=O) groups is 2. The van der Waals surface area contributed by atoms with Crippen LogP contribution in [0.1, 0.15) is 32.3 Å². The van der Waals surface area contributed by atoms with E-state index in [0.29, 0.717) is 28.6 Å². The van der Waals surface area contributed by atoms with Crippen molar-refractivity contribution >= 4 is 56.7 Å². The lowest BCUT2D eigenvalue weighted by Crippen LogP contribution is -2.48. The summed E-state index contributed by atoms with van der Waals surface area (Å²) in [5.74, 6) is -0.851. The molecule has 0 bridgehead atoms. The van der Waals surface area contributed by atoms with Gasteiger partial charge in [0, 0.05) is 47.5 Å². The number of fused-ring (bicyclic) bond motifs is 1. The van der Waals surface area contributed by atoms with Gasteiger partial charge in [-0.3, -0.25) is 14.2 Å². The Morgan fingerprint density at radius 3 is 2.41 bits per heavy atom. The van der Waals surface area contributed by atoms with Crippen molar-refractivity contribution in [1.82, 2.24) is 29.1 Å². The van der Waals surface area contributed by atoms with Crippen LogP contribution >= 0.6 is 23.2 Å². The van der Waals surface area contributed by atoms with Crippen LogP contribution in [0.15, 0.2) is 72.4 Å². The van der Waals surface area contributed by atoms with Gasteiger partial charge in [0.15, 0.2) is 5.03 Å². The Morgan fingerprint density at radius 1 is 1.09 bits per heavy atom. The molecule has 12 nitrogen and oxygen atoms in total. The molecule has 4 aromatic rings. The fourth-order valence-electron chi connectivity index (χ4n) is 6.05. The van der Waals surface area contributed by atoms with Gasteiger partial charge in [0.2, 0.25) is 11.9 Å². The second-order valence-corrected chi connectivity index (χ2v) is 14.4. The minimum absolute atomic E-state index is 0.00881. The molecule has 2 aliphatic rings. The summed E-state index contributed by atoms with van der Waals surface area (Å²) in [5.41, 5.74) is 1.34. The molecule has 2 N–H and O–H groups in total. The Kier molecular flexibility index (Phi) is 8.63. The van der Waals surface area contributed by atoms with Gasteiger partial charge in [-0.05, 0) is 56.0 Å². The van der Waals surface area contributed by atoms with Gasteiger partial charge < -0.3 is 10.4 Å². The molecule has 2 aliphatic heterocycles. The number of sulfonamides is 1. The van der Waals surface area contributed by atoms with E-state index in [0.717, 1.165) is 21.0 Å². The van der Waals surface area contributed by atoms with Gasteiger partial charge >= 0.3 is 0 Å². The molecule has 2 amide bonds. The van der Waals surface area contributed by atoms with E-state index in [2.05, 4.69) is 20.3 Å². The van der Waals surface area contributed by atoms with Crippen molar-refractivity contribution in [3.8, 4) is 11.1 Å². The average molecular weight is 685 g/mol. The smallest absolute Gasteiger partial charge is 0.261 e. The number of nitrogens with one attached hydrogen (secondary N) is 1. The molecule has 0 spiro atoms. The minimum Gasteiger partial charge on any atom is -0.392 e. The first-order valence-corrected chi connectivity index (χ1v) is 16.8. The van der Waals surface area contributed by atoms with Gasteiger partial charge in [0.1, 0.15) is 17.9 Å². The number of anilines is 2. The normalized spacial score (nSPS) is 20.6. The Bertz CT molecular complexity index is 1880. The van der Waals surface area contributed by atoms with Crippen molar-refractivity contribution in [3.05, 3.63) is 83.0 Å². The number of nitrogens with zero attached hydrogens (tertiary/aromatic N) is 6. The number of benzene rings is 2. The third-order valence-electron chi connectivity index (χ3n) is 8.22. The molecule has 0 unspecified atom stereocenters. The summed E-state index contributed by atoms with van der Waals surface area (Å²) < 4.78 is 31.3. The van der Waals surface area contributed by atoms with E-state index in [1.54, 1.807) is 31.5 Å². The lowest BCUT2D eigenvalue weighted by Gasteiger charge is -2.29. The molecule has 240 valence electrons. The Hall–Kier alpha value is -3.88. The molecule has 3 atom stereocenters. The molecule has 1 fully saturated rings. The number of aliphatic hydroxyl groups is 1. The molecule has 0 aliphatic carbocycles. The van der Waals surface area contributed by atoms with Gasteiger partial charge in [0.25, 0.3) is 15.9 Å². The Morgan fingerprint density at radius 2 is 1.76 bits per heavy atom. The van der Waals surface area contributed by atoms with E-state index >= 15 is 0 Å². The van der Waals surface area contributed by atoms with Gasteiger partial charge in [-0.25, -0.2) is 28.3 Å². The number of aromatic nitrogens is 4. The highest BCUT2D eigenvalue weighted by molar-refractivity contribution is 7.89. The predicted octanol–water partition coefficient (Wildman–Crippen LogP) is 3.93. The third-order valence-corrected chi connectivity index (χ3v) is 10.5.